The fourth-order valence-electron chi connectivity index (χ4n) is 5.29. The first-order valence-electron chi connectivity index (χ1n) is 12.5. The van der Waals surface area contributed by atoms with Crippen LogP contribution in [0.4, 0.5) is 0 Å². The number of fused-ring (bicyclic) bond motifs is 1. The van der Waals surface area contributed by atoms with Crippen LogP contribution in [0.15, 0.2) is 11.8 Å². The number of ether oxygens (including phenoxy) is 7. The van der Waals surface area contributed by atoms with Gasteiger partial charge in [-0.2, -0.15) is 0 Å². The van der Waals surface area contributed by atoms with E-state index in [0.717, 1.165) is 6.26 Å². The van der Waals surface area contributed by atoms with Crippen LogP contribution in [0.2, 0.25) is 0 Å². The maximum Gasteiger partial charge on any atom is 0.337 e. The van der Waals surface area contributed by atoms with Crippen LogP contribution < -0.4 is 0 Å². The second-order valence-electron chi connectivity index (χ2n) is 9.97. The molecule has 3 saturated heterocycles. The molecule has 4 rings (SSSR count). The molecule has 0 aliphatic carbocycles. The Kier molecular flexibility index (Phi) is 9.81. The topological polar surface area (TPSA) is 244 Å². The van der Waals surface area contributed by atoms with Crippen molar-refractivity contribution in [3.05, 3.63) is 11.8 Å². The number of aliphatic hydroxyl groups excluding tert-OH is 8. The Balaban J connectivity index is 1.45. The second-order valence-corrected chi connectivity index (χ2v) is 9.97. The highest BCUT2D eigenvalue weighted by atomic mass is 16.8. The van der Waals surface area contributed by atoms with Gasteiger partial charge < -0.3 is 74.0 Å². The Hall–Kier alpha value is -1.51. The normalized spacial score (nSPS) is 48.5. The van der Waals surface area contributed by atoms with Gasteiger partial charge in [0.15, 0.2) is 18.9 Å². The molecule has 0 spiro atoms. The Morgan fingerprint density at radius 3 is 2.13 bits per heavy atom. The van der Waals surface area contributed by atoms with Gasteiger partial charge in [0.25, 0.3) is 0 Å². The summed E-state index contributed by atoms with van der Waals surface area (Å²) in [5.74, 6) is -1.93. The highest BCUT2D eigenvalue weighted by molar-refractivity contribution is 5.88. The van der Waals surface area contributed by atoms with E-state index in [0.29, 0.717) is 0 Å². The van der Waals surface area contributed by atoms with Crippen molar-refractivity contribution in [2.75, 3.05) is 20.3 Å². The average Bonchev–Trinajstić information content (AvgIpc) is 2.91. The summed E-state index contributed by atoms with van der Waals surface area (Å²) < 4.78 is 38.1. The van der Waals surface area contributed by atoms with E-state index in [9.17, 15) is 45.6 Å². The number of carbonyl (C=O) groups excluding carboxylic acids is 1. The number of carbonyl (C=O) groups is 1. The molecule has 16 heteroatoms. The molecule has 0 saturated carbocycles. The number of esters is 1. The van der Waals surface area contributed by atoms with Crippen molar-refractivity contribution in [1.82, 2.24) is 0 Å². The van der Waals surface area contributed by atoms with E-state index >= 15 is 0 Å². The molecule has 4 heterocycles. The Labute approximate surface area is 222 Å². The summed E-state index contributed by atoms with van der Waals surface area (Å²) in [6, 6.07) is 0. The van der Waals surface area contributed by atoms with E-state index in [1.165, 1.54) is 7.11 Å². The first-order chi connectivity index (χ1) is 18.5. The molecule has 39 heavy (non-hydrogen) atoms. The van der Waals surface area contributed by atoms with Crippen LogP contribution in [0.25, 0.3) is 0 Å². The molecular formula is C23H36O16. The van der Waals surface area contributed by atoms with E-state index in [4.69, 9.17) is 33.2 Å². The molecule has 15 atom stereocenters. The van der Waals surface area contributed by atoms with E-state index in [-0.39, 0.29) is 12.0 Å². The molecule has 0 radical (unpaired) electrons. The van der Waals surface area contributed by atoms with Gasteiger partial charge in [-0.05, 0) is 6.92 Å². The van der Waals surface area contributed by atoms with Crippen molar-refractivity contribution in [2.24, 2.45) is 11.8 Å². The molecule has 0 aromatic rings. The van der Waals surface area contributed by atoms with E-state index in [1.54, 1.807) is 6.92 Å². The number of aliphatic hydroxyl groups is 8. The molecular weight excluding hydrogens is 532 g/mol. The summed E-state index contributed by atoms with van der Waals surface area (Å²) >= 11 is 0. The van der Waals surface area contributed by atoms with Gasteiger partial charge in [-0.1, -0.05) is 0 Å². The molecule has 224 valence electrons. The highest BCUT2D eigenvalue weighted by Gasteiger charge is 2.52. The predicted molar refractivity (Wildman–Crippen MR) is 121 cm³/mol. The van der Waals surface area contributed by atoms with E-state index in [1.807, 2.05) is 0 Å². The Morgan fingerprint density at radius 1 is 0.872 bits per heavy atom. The lowest BCUT2D eigenvalue weighted by Gasteiger charge is -2.47. The summed E-state index contributed by atoms with van der Waals surface area (Å²) in [6.45, 7) is 0.417. The van der Waals surface area contributed by atoms with Gasteiger partial charge in [-0.15, -0.1) is 0 Å². The molecule has 0 unspecified atom stereocenters. The lowest BCUT2D eigenvalue weighted by Crippen LogP contribution is -2.62. The second kappa shape index (κ2) is 12.6. The first kappa shape index (κ1) is 30.4. The van der Waals surface area contributed by atoms with Crippen LogP contribution in [0, 0.1) is 11.8 Å². The van der Waals surface area contributed by atoms with Crippen LogP contribution in [0.3, 0.4) is 0 Å². The van der Waals surface area contributed by atoms with E-state index in [2.05, 4.69) is 0 Å². The standard InChI is InChI=1S/C23H36O16/c1-7-13-8(3-12(25)36-7)9(20(32)33-2)5-34-21(13)39-23-19(31)17(29)15(27)11(38-23)6-35-22-18(30)16(28)14(26)10(4-24)37-22/h5,7-8,10-19,21-31H,3-4,6H2,1-2H3/t7-,8-,10+,11+,12+,13+,14+,15+,16-,17-,18+,19+,21-,22+,23-/m0/s1. The monoisotopic (exact) mass is 568 g/mol. The summed E-state index contributed by atoms with van der Waals surface area (Å²) in [6.07, 6.45) is -17.8. The van der Waals surface area contributed by atoms with Crippen LogP contribution >= 0.6 is 0 Å². The lowest BCUT2D eigenvalue weighted by atomic mass is 9.77. The number of hydrogen-bond donors (Lipinski definition) is 8. The molecule has 4 aliphatic heterocycles. The molecule has 0 aromatic heterocycles. The SMILES string of the molecule is COC(=O)C1=CO[C@@H](O[C@@H]2O[C@H](CO[C@@H]3O[C@H](CO)[C@@H](O)[C@H](O)[C@H]3O)[C@@H](O)[C@H](O)[C@H]2O)[C@@H]2[C@H](C)O[C@@H](O)C[C@@H]12. The molecule has 16 nitrogen and oxygen atoms in total. The van der Waals surface area contributed by atoms with Crippen molar-refractivity contribution in [3.8, 4) is 0 Å². The van der Waals surface area contributed by atoms with Gasteiger partial charge in [0.05, 0.1) is 44.2 Å². The highest BCUT2D eigenvalue weighted by Crippen LogP contribution is 2.42. The smallest absolute Gasteiger partial charge is 0.337 e. The van der Waals surface area contributed by atoms with Crippen molar-refractivity contribution in [1.29, 1.82) is 0 Å². The number of hydrogen-bond acceptors (Lipinski definition) is 16. The summed E-state index contributed by atoms with van der Waals surface area (Å²) in [4.78, 5) is 12.3. The van der Waals surface area contributed by atoms with Crippen molar-refractivity contribution in [3.63, 3.8) is 0 Å². The quantitative estimate of drug-likeness (QED) is 0.135. The van der Waals surface area contributed by atoms with E-state index < -0.39 is 111 Å². The van der Waals surface area contributed by atoms with Crippen LogP contribution in [0.5, 0.6) is 0 Å². The van der Waals surface area contributed by atoms with Crippen LogP contribution in [0.1, 0.15) is 13.3 Å². The molecule has 3 fully saturated rings. The summed E-state index contributed by atoms with van der Waals surface area (Å²) in [5.41, 5.74) is 0.155. The zero-order chi connectivity index (χ0) is 28.6. The van der Waals surface area contributed by atoms with Gasteiger partial charge >= 0.3 is 5.97 Å². The number of methoxy groups -OCH3 is 1. The van der Waals surface area contributed by atoms with Gasteiger partial charge in [0.2, 0.25) is 6.29 Å². The summed E-state index contributed by atoms with van der Waals surface area (Å²) in [7, 11) is 1.20. The molecule has 0 aromatic carbocycles. The third-order valence-corrected chi connectivity index (χ3v) is 7.51. The number of rotatable bonds is 7. The molecule has 0 bridgehead atoms. The van der Waals surface area contributed by atoms with Crippen LogP contribution in [-0.4, -0.2) is 147 Å². The van der Waals surface area contributed by atoms with Gasteiger partial charge in [0, 0.05) is 12.3 Å². The minimum absolute atomic E-state index is 0.0319. The van der Waals surface area contributed by atoms with Crippen molar-refractivity contribution >= 4 is 5.97 Å². The van der Waals surface area contributed by atoms with Gasteiger partial charge in [-0.25, -0.2) is 4.79 Å². The first-order valence-corrected chi connectivity index (χ1v) is 12.5. The zero-order valence-electron chi connectivity index (χ0n) is 21.2. The Morgan fingerprint density at radius 2 is 1.49 bits per heavy atom. The third kappa shape index (κ3) is 6.08. The fourth-order valence-corrected chi connectivity index (χ4v) is 5.29. The van der Waals surface area contributed by atoms with Crippen LogP contribution in [-0.2, 0) is 38.0 Å². The van der Waals surface area contributed by atoms with Gasteiger partial charge in [-0.3, -0.25) is 0 Å². The lowest BCUT2D eigenvalue weighted by molar-refractivity contribution is -0.361. The predicted octanol–water partition coefficient (Wildman–Crippen LogP) is -4.60. The molecule has 8 N–H and O–H groups in total. The fraction of sp³-hybridized carbons (Fsp3) is 0.870. The Bertz CT molecular complexity index is 869. The maximum atomic E-state index is 12.3. The summed E-state index contributed by atoms with van der Waals surface area (Å²) in [5, 5.41) is 80.9. The van der Waals surface area contributed by atoms with Gasteiger partial charge in [0.1, 0.15) is 48.8 Å². The van der Waals surface area contributed by atoms with Crippen molar-refractivity contribution < 1.29 is 78.8 Å². The molecule has 0 amide bonds. The minimum Gasteiger partial charge on any atom is -0.471 e. The maximum absolute atomic E-state index is 12.3. The zero-order valence-corrected chi connectivity index (χ0v) is 21.2. The average molecular weight is 569 g/mol. The largest absolute Gasteiger partial charge is 0.471 e. The molecule has 4 aliphatic rings. The third-order valence-electron chi connectivity index (χ3n) is 7.51. The van der Waals surface area contributed by atoms with Crippen molar-refractivity contribution in [2.45, 2.75) is 93.4 Å². The minimum atomic E-state index is -1.77.